The number of rotatable bonds is 8. The zero-order chi connectivity index (χ0) is 27.4. The fraction of sp³-hybridized carbons (Fsp3) is 0.462. The maximum absolute atomic E-state index is 13.3. The molecule has 0 spiro atoms. The minimum atomic E-state index is -5.01. The second-order valence-corrected chi connectivity index (χ2v) is 9.37. The third-order valence-electron chi connectivity index (χ3n) is 6.80. The summed E-state index contributed by atoms with van der Waals surface area (Å²) >= 11 is 0. The summed E-state index contributed by atoms with van der Waals surface area (Å²) in [5, 5.41) is 14.9. The predicted octanol–water partition coefficient (Wildman–Crippen LogP) is 5.85. The van der Waals surface area contributed by atoms with Crippen LogP contribution >= 0.6 is 0 Å². The van der Waals surface area contributed by atoms with Crippen molar-refractivity contribution < 1.29 is 41.0 Å². The van der Waals surface area contributed by atoms with Crippen molar-refractivity contribution in [1.29, 1.82) is 0 Å². The summed E-state index contributed by atoms with van der Waals surface area (Å²) < 4.78 is 79.9. The highest BCUT2D eigenvalue weighted by Gasteiger charge is 2.41. The largest absolute Gasteiger partial charge is 0.481 e. The highest BCUT2D eigenvalue weighted by Crippen LogP contribution is 2.40. The molecule has 202 valence electrons. The van der Waals surface area contributed by atoms with Crippen molar-refractivity contribution in [3.8, 4) is 0 Å². The van der Waals surface area contributed by atoms with Crippen LogP contribution in [0, 0.1) is 0 Å². The van der Waals surface area contributed by atoms with Crippen LogP contribution in [0.4, 0.5) is 26.3 Å². The lowest BCUT2D eigenvalue weighted by atomic mass is 9.74. The third kappa shape index (κ3) is 7.24. The predicted molar refractivity (Wildman–Crippen MR) is 124 cm³/mol. The molecule has 1 unspecified atom stereocenters. The molecule has 5 nitrogen and oxygen atoms in total. The zero-order valence-electron chi connectivity index (χ0n) is 20.0. The van der Waals surface area contributed by atoms with Gasteiger partial charge < -0.3 is 15.7 Å². The molecule has 0 radical (unpaired) electrons. The van der Waals surface area contributed by atoms with E-state index in [1.807, 2.05) is 12.1 Å². The van der Waals surface area contributed by atoms with Crippen LogP contribution in [0.1, 0.15) is 67.2 Å². The fourth-order valence-electron chi connectivity index (χ4n) is 4.67. The van der Waals surface area contributed by atoms with Gasteiger partial charge in [-0.05, 0) is 61.9 Å². The number of hydrogen-bond donors (Lipinski definition) is 3. The van der Waals surface area contributed by atoms with E-state index in [-0.39, 0.29) is 24.1 Å². The van der Waals surface area contributed by atoms with E-state index >= 15 is 0 Å². The lowest BCUT2D eigenvalue weighted by Gasteiger charge is -2.42. The number of amides is 1. The molecular formula is C26H28F6N2O3. The van der Waals surface area contributed by atoms with Crippen LogP contribution in [0.5, 0.6) is 0 Å². The summed E-state index contributed by atoms with van der Waals surface area (Å²) in [5.41, 5.74) is -3.41. The number of carbonyl (C=O) groups excluding carboxylic acids is 1. The molecule has 2 aromatic carbocycles. The summed E-state index contributed by atoms with van der Waals surface area (Å²) in [4.78, 5) is 24.1. The van der Waals surface area contributed by atoms with E-state index in [2.05, 4.69) is 10.6 Å². The first-order valence-electron chi connectivity index (χ1n) is 11.8. The molecule has 0 saturated heterocycles. The van der Waals surface area contributed by atoms with Gasteiger partial charge in [0.05, 0.1) is 29.0 Å². The summed E-state index contributed by atoms with van der Waals surface area (Å²) in [7, 11) is 0. The molecule has 1 aliphatic carbocycles. The van der Waals surface area contributed by atoms with Crippen LogP contribution in [-0.2, 0) is 27.5 Å². The Morgan fingerprint density at radius 1 is 0.973 bits per heavy atom. The smallest absolute Gasteiger partial charge is 0.416 e. The van der Waals surface area contributed by atoms with E-state index in [0.29, 0.717) is 44.4 Å². The minimum Gasteiger partial charge on any atom is -0.481 e. The number of alkyl halides is 6. The average Bonchev–Trinajstić information content (AvgIpc) is 2.83. The van der Waals surface area contributed by atoms with E-state index in [1.165, 1.54) is 6.92 Å². The van der Waals surface area contributed by atoms with Crippen LogP contribution in [0.3, 0.4) is 0 Å². The quantitative estimate of drug-likeness (QED) is 0.375. The molecule has 3 N–H and O–H groups in total. The van der Waals surface area contributed by atoms with E-state index in [0.717, 1.165) is 5.56 Å². The van der Waals surface area contributed by atoms with E-state index in [1.54, 1.807) is 18.2 Å². The number of benzene rings is 2. The van der Waals surface area contributed by atoms with E-state index < -0.39 is 46.8 Å². The SMILES string of the molecule is CC(C(=O)NC1(c2ccccc2)CCC(NCCC(=O)O)CC1)c1cc(C(F)(F)F)cc(C(F)(F)F)c1. The number of aliphatic carboxylic acids is 1. The highest BCUT2D eigenvalue weighted by molar-refractivity contribution is 5.84. The Kier molecular flexibility index (Phi) is 8.56. The van der Waals surface area contributed by atoms with Gasteiger partial charge in [0.2, 0.25) is 5.91 Å². The van der Waals surface area contributed by atoms with Crippen LogP contribution in [0.25, 0.3) is 0 Å². The van der Waals surface area contributed by atoms with Crippen molar-refractivity contribution in [2.75, 3.05) is 6.54 Å². The Morgan fingerprint density at radius 3 is 2.00 bits per heavy atom. The number of carbonyl (C=O) groups is 2. The highest BCUT2D eigenvalue weighted by atomic mass is 19.4. The molecule has 2 aromatic rings. The normalized spacial score (nSPS) is 21.3. The van der Waals surface area contributed by atoms with Crippen LogP contribution < -0.4 is 10.6 Å². The maximum atomic E-state index is 13.3. The number of hydrogen-bond acceptors (Lipinski definition) is 3. The summed E-state index contributed by atoms with van der Waals surface area (Å²) in [6, 6.07) is 10.2. The molecule has 3 rings (SSSR count). The van der Waals surface area contributed by atoms with Gasteiger partial charge in [0.15, 0.2) is 0 Å². The Bertz CT molecular complexity index is 1060. The molecule has 1 fully saturated rings. The molecule has 0 aromatic heterocycles. The van der Waals surface area contributed by atoms with Gasteiger partial charge in [0.25, 0.3) is 0 Å². The van der Waals surface area contributed by atoms with Gasteiger partial charge in [-0.25, -0.2) is 0 Å². The number of halogens is 6. The van der Waals surface area contributed by atoms with Crippen molar-refractivity contribution in [3.63, 3.8) is 0 Å². The van der Waals surface area contributed by atoms with E-state index in [9.17, 15) is 35.9 Å². The molecule has 37 heavy (non-hydrogen) atoms. The monoisotopic (exact) mass is 530 g/mol. The van der Waals surface area contributed by atoms with Crippen LogP contribution in [0.2, 0.25) is 0 Å². The average molecular weight is 531 g/mol. The Morgan fingerprint density at radius 2 is 1.51 bits per heavy atom. The van der Waals surface area contributed by atoms with E-state index in [4.69, 9.17) is 5.11 Å². The standard InChI is InChI=1S/C26H28F6N2O3/c1-16(17-13-19(25(27,28)29)15-20(14-17)26(30,31)32)23(37)34-24(18-5-3-2-4-6-18)10-7-21(8-11-24)33-12-9-22(35)36/h2-6,13-16,21,33H,7-12H2,1H3,(H,34,37)(H,35,36). The fourth-order valence-corrected chi connectivity index (χ4v) is 4.67. The molecule has 1 amide bonds. The zero-order valence-corrected chi connectivity index (χ0v) is 20.0. The van der Waals surface area contributed by atoms with Gasteiger partial charge in [-0.1, -0.05) is 30.3 Å². The summed E-state index contributed by atoms with van der Waals surface area (Å²) in [6.07, 6.45) is -7.97. The topological polar surface area (TPSA) is 78.4 Å². The minimum absolute atomic E-state index is 0.0170. The molecular weight excluding hydrogens is 502 g/mol. The van der Waals surface area contributed by atoms with Crippen molar-refractivity contribution in [3.05, 3.63) is 70.8 Å². The Balaban J connectivity index is 1.85. The van der Waals surface area contributed by atoms with Crippen molar-refractivity contribution in [2.24, 2.45) is 0 Å². The lowest BCUT2D eigenvalue weighted by Crippen LogP contribution is -2.51. The molecule has 1 atom stereocenters. The first-order valence-corrected chi connectivity index (χ1v) is 11.8. The van der Waals surface area contributed by atoms with Crippen molar-refractivity contribution in [2.45, 2.75) is 68.9 Å². The first kappa shape index (κ1) is 28.5. The molecule has 0 bridgehead atoms. The molecule has 0 aliphatic heterocycles. The summed E-state index contributed by atoms with van der Waals surface area (Å²) in [6.45, 7) is 1.57. The number of carboxylic acid groups (broad SMARTS) is 1. The van der Waals surface area contributed by atoms with Gasteiger partial charge in [-0.2, -0.15) is 26.3 Å². The second-order valence-electron chi connectivity index (χ2n) is 9.37. The van der Waals surface area contributed by atoms with Gasteiger partial charge in [0, 0.05) is 12.6 Å². The van der Waals surface area contributed by atoms with Crippen molar-refractivity contribution in [1.82, 2.24) is 10.6 Å². The maximum Gasteiger partial charge on any atom is 0.416 e. The molecule has 1 aliphatic rings. The van der Waals surface area contributed by atoms with Gasteiger partial charge in [-0.15, -0.1) is 0 Å². The third-order valence-corrected chi connectivity index (χ3v) is 6.80. The Labute approximate surface area is 210 Å². The molecule has 11 heteroatoms. The first-order chi connectivity index (χ1) is 17.2. The van der Waals surface area contributed by atoms with Gasteiger partial charge in [0.1, 0.15) is 0 Å². The summed E-state index contributed by atoms with van der Waals surface area (Å²) in [5.74, 6) is -2.89. The number of nitrogens with one attached hydrogen (secondary N) is 2. The van der Waals surface area contributed by atoms with Crippen LogP contribution in [-0.4, -0.2) is 29.6 Å². The van der Waals surface area contributed by atoms with Crippen molar-refractivity contribution >= 4 is 11.9 Å². The van der Waals surface area contributed by atoms with Crippen LogP contribution in [0.15, 0.2) is 48.5 Å². The lowest BCUT2D eigenvalue weighted by molar-refractivity contribution is -0.143. The second kappa shape index (κ2) is 11.1. The number of carboxylic acids is 1. The molecule has 1 saturated carbocycles. The molecule has 0 heterocycles. The Hall–Kier alpha value is -3.08. The van der Waals surface area contributed by atoms with Gasteiger partial charge in [-0.3, -0.25) is 9.59 Å². The van der Waals surface area contributed by atoms with Gasteiger partial charge >= 0.3 is 18.3 Å².